The summed E-state index contributed by atoms with van der Waals surface area (Å²) in [5, 5.41) is 3.71. The number of rotatable bonds is 7. The molecule has 0 spiro atoms. The van der Waals surface area contributed by atoms with Gasteiger partial charge in [-0.2, -0.15) is 0 Å². The second kappa shape index (κ2) is 9.39. The van der Waals surface area contributed by atoms with Crippen molar-refractivity contribution in [2.24, 2.45) is 0 Å². The first kappa shape index (κ1) is 21.2. The average molecular weight is 444 g/mol. The fraction of sp³-hybridized carbons (Fsp3) is 0.304. The molecule has 4 rings (SSSR count). The molecule has 0 bridgehead atoms. The number of aryl methyl sites for hydroxylation is 1. The van der Waals surface area contributed by atoms with Crippen molar-refractivity contribution >= 4 is 23.2 Å². The van der Waals surface area contributed by atoms with E-state index < -0.39 is 0 Å². The molecule has 1 amide bonds. The minimum Gasteiger partial charge on any atom is -0.495 e. The number of aromatic nitrogens is 1. The Morgan fingerprint density at radius 3 is 3.00 bits per heavy atom. The number of ether oxygens (including phenoxy) is 1. The Hall–Kier alpha value is -3.06. The first-order valence-corrected chi connectivity index (χ1v) is 10.5. The predicted molar refractivity (Wildman–Crippen MR) is 117 cm³/mol. The minimum atomic E-state index is -0.370. The number of amides is 1. The topological polar surface area (TPSA) is 67.6 Å². The van der Waals surface area contributed by atoms with Crippen LogP contribution in [0.5, 0.6) is 5.75 Å². The van der Waals surface area contributed by atoms with Gasteiger partial charge in [0.05, 0.1) is 24.6 Å². The minimum absolute atomic E-state index is 0.0368. The van der Waals surface area contributed by atoms with Crippen molar-refractivity contribution in [2.45, 2.75) is 25.3 Å². The van der Waals surface area contributed by atoms with Gasteiger partial charge in [0.15, 0.2) is 11.7 Å². The summed E-state index contributed by atoms with van der Waals surface area (Å²) in [7, 11) is 1.63. The predicted octanol–water partition coefficient (Wildman–Crippen LogP) is 4.47. The van der Waals surface area contributed by atoms with Crippen LogP contribution < -0.4 is 15.0 Å². The zero-order valence-corrected chi connectivity index (χ0v) is 17.9. The number of benzene rings is 2. The van der Waals surface area contributed by atoms with E-state index in [9.17, 15) is 9.18 Å². The summed E-state index contributed by atoms with van der Waals surface area (Å²) in [6, 6.07) is 11.9. The number of nitrogens with one attached hydrogen (secondary N) is 1. The first-order valence-electron chi connectivity index (χ1n) is 10.1. The first-order chi connectivity index (χ1) is 15.0. The second-order valence-corrected chi connectivity index (χ2v) is 7.85. The number of nitrogens with zero attached hydrogens (tertiary/aromatic N) is 2. The van der Waals surface area contributed by atoms with Crippen LogP contribution >= 0.6 is 11.6 Å². The Morgan fingerprint density at radius 1 is 1.35 bits per heavy atom. The van der Waals surface area contributed by atoms with E-state index in [0.29, 0.717) is 35.2 Å². The molecule has 31 heavy (non-hydrogen) atoms. The van der Waals surface area contributed by atoms with Gasteiger partial charge in [-0.15, -0.1) is 0 Å². The van der Waals surface area contributed by atoms with Crippen LogP contribution in [0.1, 0.15) is 18.7 Å². The van der Waals surface area contributed by atoms with E-state index >= 15 is 0 Å². The molecule has 162 valence electrons. The van der Waals surface area contributed by atoms with Gasteiger partial charge in [0.25, 0.3) is 0 Å². The van der Waals surface area contributed by atoms with Crippen molar-refractivity contribution in [2.75, 3.05) is 25.1 Å². The van der Waals surface area contributed by atoms with Crippen LogP contribution in [0.2, 0.25) is 5.02 Å². The molecule has 0 radical (unpaired) electrons. The molecule has 3 aromatic rings. The van der Waals surface area contributed by atoms with Crippen molar-refractivity contribution < 1.29 is 18.3 Å². The molecule has 1 unspecified atom stereocenters. The van der Waals surface area contributed by atoms with Gasteiger partial charge in [-0.3, -0.25) is 4.79 Å². The lowest BCUT2D eigenvalue weighted by Crippen LogP contribution is -2.37. The monoisotopic (exact) mass is 443 g/mol. The van der Waals surface area contributed by atoms with Gasteiger partial charge in [0.2, 0.25) is 5.91 Å². The van der Waals surface area contributed by atoms with Crippen LogP contribution in [-0.2, 0) is 11.2 Å². The van der Waals surface area contributed by atoms with Gasteiger partial charge in [-0.25, -0.2) is 9.37 Å². The van der Waals surface area contributed by atoms with Crippen LogP contribution in [0.3, 0.4) is 0 Å². The lowest BCUT2D eigenvalue weighted by atomic mass is 10.2. The van der Waals surface area contributed by atoms with Crippen LogP contribution in [0.25, 0.3) is 11.3 Å². The zero-order valence-electron chi connectivity index (χ0n) is 17.1. The highest BCUT2D eigenvalue weighted by Crippen LogP contribution is 2.33. The molecule has 0 aliphatic carbocycles. The van der Waals surface area contributed by atoms with Crippen molar-refractivity contribution in [3.05, 3.63) is 65.4 Å². The van der Waals surface area contributed by atoms with E-state index in [-0.39, 0.29) is 24.2 Å². The maximum atomic E-state index is 13.9. The Kier molecular flexibility index (Phi) is 6.42. The Balaban J connectivity index is 1.30. The number of oxazole rings is 1. The highest BCUT2D eigenvalue weighted by atomic mass is 35.5. The lowest BCUT2D eigenvalue weighted by molar-refractivity contribution is -0.121. The summed E-state index contributed by atoms with van der Waals surface area (Å²) >= 11 is 6.13. The second-order valence-electron chi connectivity index (χ2n) is 7.41. The molecule has 2 heterocycles. The summed E-state index contributed by atoms with van der Waals surface area (Å²) < 4.78 is 24.9. The molecule has 2 aromatic carbocycles. The third-order valence-corrected chi connectivity index (χ3v) is 5.53. The third kappa shape index (κ3) is 4.99. The van der Waals surface area contributed by atoms with Crippen molar-refractivity contribution in [1.29, 1.82) is 0 Å². The number of carbonyl (C=O) groups excluding carboxylic acids is 1. The Bertz CT molecular complexity index is 1070. The standard InChI is InChI=1S/C23H23ClFN3O3/c1-30-20-7-6-15(24)12-19(20)28-11-10-16(14-28)27-22(29)8-9-23-26-13-21(31-23)17-4-2-3-5-18(17)25/h2-7,12-13,16H,8-11,14H2,1H3,(H,27,29). The lowest BCUT2D eigenvalue weighted by Gasteiger charge is -2.21. The van der Waals surface area contributed by atoms with E-state index in [4.69, 9.17) is 20.8 Å². The summed E-state index contributed by atoms with van der Waals surface area (Å²) in [6.45, 7) is 1.48. The molecule has 1 fully saturated rings. The molecular formula is C23H23ClFN3O3. The van der Waals surface area contributed by atoms with Crippen molar-refractivity contribution in [1.82, 2.24) is 10.3 Å². The van der Waals surface area contributed by atoms with Crippen molar-refractivity contribution in [3.8, 4) is 17.1 Å². The largest absolute Gasteiger partial charge is 0.495 e. The molecule has 8 heteroatoms. The van der Waals surface area contributed by atoms with Gasteiger partial charge < -0.3 is 19.4 Å². The van der Waals surface area contributed by atoms with Crippen LogP contribution in [0.15, 0.2) is 53.1 Å². The molecule has 1 aliphatic rings. The van der Waals surface area contributed by atoms with E-state index in [1.165, 1.54) is 12.3 Å². The molecule has 0 saturated carbocycles. The quantitative estimate of drug-likeness (QED) is 0.583. The van der Waals surface area contributed by atoms with Gasteiger partial charge in [0.1, 0.15) is 11.6 Å². The third-order valence-electron chi connectivity index (χ3n) is 5.29. The maximum Gasteiger partial charge on any atom is 0.220 e. The fourth-order valence-electron chi connectivity index (χ4n) is 3.74. The molecule has 1 saturated heterocycles. The number of methoxy groups -OCH3 is 1. The highest BCUT2D eigenvalue weighted by molar-refractivity contribution is 6.30. The zero-order chi connectivity index (χ0) is 21.8. The van der Waals surface area contributed by atoms with E-state index in [0.717, 1.165) is 24.4 Å². The fourth-order valence-corrected chi connectivity index (χ4v) is 3.91. The Morgan fingerprint density at radius 2 is 2.19 bits per heavy atom. The van der Waals surface area contributed by atoms with Gasteiger partial charge in [-0.1, -0.05) is 23.7 Å². The summed E-state index contributed by atoms with van der Waals surface area (Å²) in [6.07, 6.45) is 2.91. The van der Waals surface area contributed by atoms with Crippen LogP contribution in [0.4, 0.5) is 10.1 Å². The molecule has 6 nitrogen and oxygen atoms in total. The van der Waals surface area contributed by atoms with E-state index in [2.05, 4.69) is 15.2 Å². The van der Waals surface area contributed by atoms with Crippen LogP contribution in [0, 0.1) is 5.82 Å². The maximum absolute atomic E-state index is 13.9. The number of carbonyl (C=O) groups is 1. The van der Waals surface area contributed by atoms with Gasteiger partial charge >= 0.3 is 0 Å². The summed E-state index contributed by atoms with van der Waals surface area (Å²) in [5.41, 5.74) is 1.28. The SMILES string of the molecule is COc1ccc(Cl)cc1N1CCC(NC(=O)CCc2ncc(-c3ccccc3F)o2)C1. The van der Waals surface area contributed by atoms with Gasteiger partial charge in [0, 0.05) is 37.0 Å². The van der Waals surface area contributed by atoms with Gasteiger partial charge in [-0.05, 0) is 36.8 Å². The smallest absolute Gasteiger partial charge is 0.220 e. The highest BCUT2D eigenvalue weighted by Gasteiger charge is 2.26. The number of anilines is 1. The molecular weight excluding hydrogens is 421 g/mol. The molecule has 1 aliphatic heterocycles. The molecule has 1 N–H and O–H groups in total. The number of hydrogen-bond donors (Lipinski definition) is 1. The van der Waals surface area contributed by atoms with Crippen LogP contribution in [-0.4, -0.2) is 37.1 Å². The molecule has 1 aromatic heterocycles. The number of hydrogen-bond acceptors (Lipinski definition) is 5. The average Bonchev–Trinajstić information content (AvgIpc) is 3.42. The summed E-state index contributed by atoms with van der Waals surface area (Å²) in [5.74, 6) is 1.08. The Labute approximate surface area is 185 Å². The normalized spacial score (nSPS) is 15.8. The van der Waals surface area contributed by atoms with E-state index in [1.54, 1.807) is 31.4 Å². The van der Waals surface area contributed by atoms with Crippen molar-refractivity contribution in [3.63, 3.8) is 0 Å². The van der Waals surface area contributed by atoms with E-state index in [1.807, 2.05) is 12.1 Å². The molecule has 1 atom stereocenters. The summed E-state index contributed by atoms with van der Waals surface area (Å²) in [4.78, 5) is 18.7. The number of halogens is 2.